The van der Waals surface area contributed by atoms with Crippen LogP contribution in [0.25, 0.3) is 0 Å². The van der Waals surface area contributed by atoms with Gasteiger partial charge in [0.1, 0.15) is 12.4 Å². The van der Waals surface area contributed by atoms with Crippen molar-refractivity contribution in [2.75, 3.05) is 0 Å². The number of benzene rings is 1. The fourth-order valence-corrected chi connectivity index (χ4v) is 1.03. The molecule has 1 aromatic rings. The predicted molar refractivity (Wildman–Crippen MR) is 56.5 cm³/mol. The van der Waals surface area contributed by atoms with Gasteiger partial charge in [-0.15, -0.1) is 0 Å². The molecule has 3 heteroatoms. The second-order valence-electron chi connectivity index (χ2n) is 3.47. The molecule has 0 fully saturated rings. The van der Waals surface area contributed by atoms with E-state index in [1.54, 1.807) is 38.1 Å². The molecule has 0 amide bonds. The molecule has 0 aliphatic carbocycles. The number of esters is 1. The van der Waals surface area contributed by atoms with Crippen molar-refractivity contribution in [2.45, 2.75) is 20.0 Å². The van der Waals surface area contributed by atoms with E-state index < -0.39 is 12.1 Å². The fourth-order valence-electron chi connectivity index (χ4n) is 1.03. The third kappa shape index (κ3) is 3.20. The Hall–Kier alpha value is -1.64. The quantitative estimate of drug-likeness (QED) is 0.559. The van der Waals surface area contributed by atoms with Gasteiger partial charge in [0.25, 0.3) is 0 Å². The van der Waals surface area contributed by atoms with E-state index in [2.05, 4.69) is 0 Å². The molecule has 0 radical (unpaired) electrons. The summed E-state index contributed by atoms with van der Waals surface area (Å²) in [6.45, 7) is 3.43. The molecule has 2 unspecified atom stereocenters. The monoisotopic (exact) mass is 206 g/mol. The van der Waals surface area contributed by atoms with Crippen LogP contribution in [0.1, 0.15) is 24.2 Å². The average Bonchev–Trinajstić information content (AvgIpc) is 2.29. The molecule has 3 nitrogen and oxygen atoms in total. The molecule has 0 spiro atoms. The van der Waals surface area contributed by atoms with Crippen LogP contribution in [0.15, 0.2) is 30.3 Å². The molecule has 0 saturated heterocycles. The highest BCUT2D eigenvalue weighted by atomic mass is 16.5. The summed E-state index contributed by atoms with van der Waals surface area (Å²) >= 11 is 0. The van der Waals surface area contributed by atoms with E-state index >= 15 is 0 Å². The maximum atomic E-state index is 11.5. The van der Waals surface area contributed by atoms with Crippen molar-refractivity contribution in [3.63, 3.8) is 0 Å². The summed E-state index contributed by atoms with van der Waals surface area (Å²) in [7, 11) is 0. The van der Waals surface area contributed by atoms with Crippen molar-refractivity contribution in [1.82, 2.24) is 0 Å². The first-order chi connectivity index (χ1) is 7.15. The van der Waals surface area contributed by atoms with E-state index in [9.17, 15) is 9.59 Å². The number of hydrogen-bond acceptors (Lipinski definition) is 3. The van der Waals surface area contributed by atoms with Gasteiger partial charge in [-0.3, -0.25) is 0 Å². The van der Waals surface area contributed by atoms with Crippen LogP contribution in [0.4, 0.5) is 0 Å². The molecule has 15 heavy (non-hydrogen) atoms. The van der Waals surface area contributed by atoms with Crippen molar-refractivity contribution in [3.05, 3.63) is 35.9 Å². The van der Waals surface area contributed by atoms with Gasteiger partial charge >= 0.3 is 5.97 Å². The van der Waals surface area contributed by atoms with Crippen LogP contribution in [-0.2, 0) is 9.53 Å². The molecule has 2 atom stereocenters. The lowest BCUT2D eigenvalue weighted by molar-refractivity contribution is -0.113. The van der Waals surface area contributed by atoms with Gasteiger partial charge in [0.15, 0.2) is 0 Å². The smallest absolute Gasteiger partial charge is 0.338 e. The first-order valence-corrected chi connectivity index (χ1v) is 4.86. The van der Waals surface area contributed by atoms with E-state index in [-0.39, 0.29) is 5.92 Å². The van der Waals surface area contributed by atoms with Gasteiger partial charge in [-0.05, 0) is 19.1 Å². The van der Waals surface area contributed by atoms with Crippen molar-refractivity contribution < 1.29 is 14.3 Å². The Balaban J connectivity index is 2.60. The lowest BCUT2D eigenvalue weighted by Crippen LogP contribution is -2.22. The number of carbonyl (C=O) groups is 2. The van der Waals surface area contributed by atoms with E-state index in [1.165, 1.54) is 0 Å². The van der Waals surface area contributed by atoms with Gasteiger partial charge in [-0.1, -0.05) is 25.1 Å². The molecule has 0 saturated carbocycles. The van der Waals surface area contributed by atoms with Gasteiger partial charge in [0, 0.05) is 5.92 Å². The molecule has 0 aliphatic rings. The summed E-state index contributed by atoms with van der Waals surface area (Å²) in [6.07, 6.45) is 0.387. The van der Waals surface area contributed by atoms with Crippen LogP contribution in [0.3, 0.4) is 0 Å². The summed E-state index contributed by atoms with van der Waals surface area (Å²) in [5.41, 5.74) is 0.502. The van der Waals surface area contributed by atoms with Crippen LogP contribution in [0.2, 0.25) is 0 Å². The van der Waals surface area contributed by atoms with Crippen molar-refractivity contribution in [2.24, 2.45) is 5.92 Å². The van der Waals surface area contributed by atoms with Gasteiger partial charge in [-0.25, -0.2) is 4.79 Å². The zero-order valence-electron chi connectivity index (χ0n) is 8.84. The second kappa shape index (κ2) is 5.29. The van der Waals surface area contributed by atoms with E-state index in [1.807, 2.05) is 6.07 Å². The first-order valence-electron chi connectivity index (χ1n) is 4.86. The van der Waals surface area contributed by atoms with Crippen LogP contribution < -0.4 is 0 Å². The lowest BCUT2D eigenvalue weighted by atomic mass is 10.1. The fraction of sp³-hybridized carbons (Fsp3) is 0.333. The summed E-state index contributed by atoms with van der Waals surface area (Å²) < 4.78 is 5.12. The standard InChI is InChI=1S/C12H14O3/c1-9(8-13)10(2)15-12(14)11-6-4-3-5-7-11/h3-10H,1-2H3. The number of aldehydes is 1. The molecule has 1 rings (SSSR count). The molecular formula is C12H14O3. The molecule has 0 aromatic heterocycles. The Morgan fingerprint density at radius 2 is 1.87 bits per heavy atom. The minimum absolute atomic E-state index is 0.280. The van der Waals surface area contributed by atoms with Gasteiger partial charge in [0.2, 0.25) is 0 Å². The van der Waals surface area contributed by atoms with Crippen LogP contribution >= 0.6 is 0 Å². The largest absolute Gasteiger partial charge is 0.458 e. The normalized spacial score (nSPS) is 14.0. The number of carbonyl (C=O) groups excluding carboxylic acids is 2. The van der Waals surface area contributed by atoms with Crippen molar-refractivity contribution in [3.8, 4) is 0 Å². The predicted octanol–water partition coefficient (Wildman–Crippen LogP) is 2.07. The molecule has 0 aliphatic heterocycles. The molecule has 1 aromatic carbocycles. The Morgan fingerprint density at radius 1 is 1.27 bits per heavy atom. The third-order valence-corrected chi connectivity index (χ3v) is 2.26. The minimum Gasteiger partial charge on any atom is -0.458 e. The topological polar surface area (TPSA) is 43.4 Å². The second-order valence-corrected chi connectivity index (χ2v) is 3.47. The highest BCUT2D eigenvalue weighted by molar-refractivity contribution is 5.89. The van der Waals surface area contributed by atoms with Crippen LogP contribution in [0, 0.1) is 5.92 Å². The molecule has 0 bridgehead atoms. The number of ether oxygens (including phenoxy) is 1. The highest BCUT2D eigenvalue weighted by Crippen LogP contribution is 2.08. The first kappa shape index (κ1) is 11.4. The number of hydrogen-bond donors (Lipinski definition) is 0. The summed E-state index contributed by atoms with van der Waals surface area (Å²) in [5.74, 6) is -0.672. The van der Waals surface area contributed by atoms with E-state index in [0.717, 1.165) is 6.29 Å². The maximum absolute atomic E-state index is 11.5. The molecular weight excluding hydrogens is 192 g/mol. The maximum Gasteiger partial charge on any atom is 0.338 e. The van der Waals surface area contributed by atoms with E-state index in [4.69, 9.17) is 4.74 Å². The number of rotatable bonds is 4. The van der Waals surface area contributed by atoms with Crippen LogP contribution in [0.5, 0.6) is 0 Å². The zero-order valence-corrected chi connectivity index (χ0v) is 8.84. The Bertz CT molecular complexity index is 332. The van der Waals surface area contributed by atoms with E-state index in [0.29, 0.717) is 5.56 Å². The SMILES string of the molecule is CC(C=O)C(C)OC(=O)c1ccccc1. The van der Waals surface area contributed by atoms with Crippen molar-refractivity contribution in [1.29, 1.82) is 0 Å². The highest BCUT2D eigenvalue weighted by Gasteiger charge is 2.16. The Kier molecular flexibility index (Phi) is 4.03. The molecule has 80 valence electrons. The van der Waals surface area contributed by atoms with Gasteiger partial charge in [-0.2, -0.15) is 0 Å². The summed E-state index contributed by atoms with van der Waals surface area (Å²) in [4.78, 5) is 22.0. The average molecular weight is 206 g/mol. The lowest BCUT2D eigenvalue weighted by Gasteiger charge is -2.15. The molecule has 0 heterocycles. The van der Waals surface area contributed by atoms with Crippen molar-refractivity contribution >= 4 is 12.3 Å². The van der Waals surface area contributed by atoms with Gasteiger partial charge in [0.05, 0.1) is 5.56 Å². The Labute approximate surface area is 89.1 Å². The van der Waals surface area contributed by atoms with Crippen LogP contribution in [-0.4, -0.2) is 18.4 Å². The summed E-state index contributed by atoms with van der Waals surface area (Å²) in [6, 6.07) is 8.73. The Morgan fingerprint density at radius 3 is 2.40 bits per heavy atom. The zero-order chi connectivity index (χ0) is 11.3. The van der Waals surface area contributed by atoms with Gasteiger partial charge < -0.3 is 9.53 Å². The summed E-state index contributed by atoms with van der Waals surface area (Å²) in [5, 5.41) is 0. The third-order valence-electron chi connectivity index (χ3n) is 2.26. The minimum atomic E-state index is -0.393. The molecule has 0 N–H and O–H groups in total.